The molecule has 0 aromatic heterocycles. The van der Waals surface area contributed by atoms with Gasteiger partial charge in [0.1, 0.15) is 6.04 Å². The summed E-state index contributed by atoms with van der Waals surface area (Å²) in [5, 5.41) is 5.27. The predicted octanol–water partition coefficient (Wildman–Crippen LogP) is 5.84. The first-order valence-electron chi connectivity index (χ1n) is 14.0. The highest BCUT2D eigenvalue weighted by atomic mass is 16.2. The van der Waals surface area contributed by atoms with Crippen LogP contribution in [-0.4, -0.2) is 41.2 Å². The fourth-order valence-corrected chi connectivity index (χ4v) is 5.98. The third kappa shape index (κ3) is 5.45. The number of carbonyl (C=O) groups is 3. The lowest BCUT2D eigenvalue weighted by atomic mass is 9.95. The molecule has 1 heterocycles. The summed E-state index contributed by atoms with van der Waals surface area (Å²) in [5.74, 6) is -0.119. The van der Waals surface area contributed by atoms with Crippen LogP contribution in [0.5, 0.6) is 0 Å². The van der Waals surface area contributed by atoms with Gasteiger partial charge in [0.25, 0.3) is 5.91 Å². The van der Waals surface area contributed by atoms with E-state index in [1.54, 1.807) is 9.80 Å². The second kappa shape index (κ2) is 11.8. The van der Waals surface area contributed by atoms with Gasteiger partial charge in [-0.3, -0.25) is 14.4 Å². The van der Waals surface area contributed by atoms with Crippen LogP contribution >= 0.6 is 0 Å². The molecule has 0 radical (unpaired) electrons. The quantitative estimate of drug-likeness (QED) is 0.372. The van der Waals surface area contributed by atoms with Gasteiger partial charge < -0.3 is 15.1 Å². The lowest BCUT2D eigenvalue weighted by Crippen LogP contribution is -2.51. The Morgan fingerprint density at radius 3 is 2.45 bits per heavy atom. The molecule has 38 heavy (non-hydrogen) atoms. The van der Waals surface area contributed by atoms with E-state index < -0.39 is 6.04 Å². The van der Waals surface area contributed by atoms with E-state index in [9.17, 15) is 14.4 Å². The van der Waals surface area contributed by atoms with Gasteiger partial charge in [0.05, 0.1) is 5.69 Å². The Morgan fingerprint density at radius 1 is 0.974 bits per heavy atom. The summed E-state index contributed by atoms with van der Waals surface area (Å²) in [5.41, 5.74) is 2.64. The normalized spacial score (nSPS) is 16.0. The average molecular weight is 512 g/mol. The fourth-order valence-electron chi connectivity index (χ4n) is 5.98. The van der Waals surface area contributed by atoms with Gasteiger partial charge in [-0.15, -0.1) is 0 Å². The summed E-state index contributed by atoms with van der Waals surface area (Å²) in [4.78, 5) is 43.7. The summed E-state index contributed by atoms with van der Waals surface area (Å²) in [6.07, 6.45) is 6.88. The number of amides is 3. The van der Waals surface area contributed by atoms with Crippen molar-refractivity contribution in [3.8, 4) is 0 Å². The van der Waals surface area contributed by atoms with Gasteiger partial charge in [-0.05, 0) is 48.8 Å². The van der Waals surface area contributed by atoms with Crippen LogP contribution in [0, 0.1) is 0 Å². The van der Waals surface area contributed by atoms with Gasteiger partial charge in [-0.2, -0.15) is 0 Å². The summed E-state index contributed by atoms with van der Waals surface area (Å²) >= 11 is 0. The Hall–Kier alpha value is -3.67. The van der Waals surface area contributed by atoms with E-state index in [4.69, 9.17) is 0 Å². The van der Waals surface area contributed by atoms with Crippen molar-refractivity contribution in [2.75, 3.05) is 11.4 Å². The maximum absolute atomic E-state index is 13.7. The minimum atomic E-state index is -0.518. The Bertz CT molecular complexity index is 1290. The van der Waals surface area contributed by atoms with E-state index in [-0.39, 0.29) is 30.2 Å². The van der Waals surface area contributed by atoms with Crippen LogP contribution in [0.4, 0.5) is 5.69 Å². The monoisotopic (exact) mass is 511 g/mol. The molecular formula is C32H37N3O3. The number of hydrogen-bond acceptors (Lipinski definition) is 3. The molecule has 0 bridgehead atoms. The van der Waals surface area contributed by atoms with Crippen molar-refractivity contribution in [3.05, 3.63) is 77.9 Å². The minimum absolute atomic E-state index is 0.0105. The van der Waals surface area contributed by atoms with E-state index in [1.165, 1.54) is 6.42 Å². The van der Waals surface area contributed by atoms with E-state index in [0.717, 1.165) is 53.3 Å². The van der Waals surface area contributed by atoms with E-state index >= 15 is 0 Å². The van der Waals surface area contributed by atoms with Crippen LogP contribution in [0.2, 0.25) is 0 Å². The van der Waals surface area contributed by atoms with Crippen molar-refractivity contribution in [1.29, 1.82) is 0 Å². The first-order valence-corrected chi connectivity index (χ1v) is 14.0. The average Bonchev–Trinajstić information content (AvgIpc) is 3.22. The van der Waals surface area contributed by atoms with Gasteiger partial charge in [-0.25, -0.2) is 0 Å². The predicted molar refractivity (Wildman–Crippen MR) is 151 cm³/mol. The van der Waals surface area contributed by atoms with Crippen LogP contribution in [0.1, 0.15) is 74.2 Å². The zero-order valence-corrected chi connectivity index (χ0v) is 22.2. The summed E-state index contributed by atoms with van der Waals surface area (Å²) in [7, 11) is 0. The molecule has 1 atom stereocenters. The molecular weight excluding hydrogens is 474 g/mol. The van der Waals surface area contributed by atoms with Gasteiger partial charge >= 0.3 is 0 Å². The molecule has 6 nitrogen and oxygen atoms in total. The van der Waals surface area contributed by atoms with Gasteiger partial charge in [-0.1, -0.05) is 80.8 Å². The summed E-state index contributed by atoms with van der Waals surface area (Å²) in [6.45, 7) is 2.82. The second-order valence-electron chi connectivity index (χ2n) is 10.5. The number of anilines is 1. The molecule has 1 N–H and O–H groups in total. The van der Waals surface area contributed by atoms with Gasteiger partial charge in [0.15, 0.2) is 0 Å². The molecule has 0 saturated heterocycles. The standard InChI is InChI=1S/C32H37N3O3/c1-2-27(31(37)33-25-16-7-4-8-17-25)35(22-23-12-5-3-6-13-23)29(36)20-11-21-34-28-19-10-15-24-14-9-18-26(30(24)28)32(34)38/h3,5-6,9-10,12-15,18-19,25,27H,2,4,7-8,11,16-17,20-22H2,1H3,(H,33,37)/t27-/m0/s1. The highest BCUT2D eigenvalue weighted by Crippen LogP contribution is 2.37. The molecule has 2 aliphatic rings. The fraction of sp³-hybridized carbons (Fsp3) is 0.406. The maximum Gasteiger partial charge on any atom is 0.258 e. The maximum atomic E-state index is 13.7. The largest absolute Gasteiger partial charge is 0.352 e. The molecule has 1 fully saturated rings. The Labute approximate surface area is 225 Å². The molecule has 5 rings (SSSR count). The number of nitrogens with one attached hydrogen (secondary N) is 1. The van der Waals surface area contributed by atoms with Gasteiger partial charge in [0.2, 0.25) is 11.8 Å². The molecule has 198 valence electrons. The molecule has 1 aliphatic carbocycles. The van der Waals surface area contributed by atoms with Crippen molar-refractivity contribution in [3.63, 3.8) is 0 Å². The van der Waals surface area contributed by atoms with Crippen LogP contribution in [-0.2, 0) is 16.1 Å². The molecule has 0 spiro atoms. The molecule has 6 heteroatoms. The highest BCUT2D eigenvalue weighted by Gasteiger charge is 2.32. The van der Waals surface area contributed by atoms with E-state index in [2.05, 4.69) is 5.32 Å². The number of carbonyl (C=O) groups excluding carboxylic acids is 3. The van der Waals surface area contributed by atoms with Crippen molar-refractivity contribution in [2.24, 2.45) is 0 Å². The zero-order valence-electron chi connectivity index (χ0n) is 22.2. The Balaban J connectivity index is 1.28. The third-order valence-corrected chi connectivity index (χ3v) is 7.95. The van der Waals surface area contributed by atoms with Crippen LogP contribution in [0.15, 0.2) is 66.7 Å². The van der Waals surface area contributed by atoms with Crippen molar-refractivity contribution < 1.29 is 14.4 Å². The molecule has 0 unspecified atom stereocenters. The van der Waals surface area contributed by atoms with Crippen molar-refractivity contribution in [2.45, 2.75) is 76.9 Å². The first kappa shape index (κ1) is 26.0. The van der Waals surface area contributed by atoms with Crippen molar-refractivity contribution in [1.82, 2.24) is 10.2 Å². The van der Waals surface area contributed by atoms with Crippen LogP contribution in [0.25, 0.3) is 10.8 Å². The smallest absolute Gasteiger partial charge is 0.258 e. The van der Waals surface area contributed by atoms with E-state index in [1.807, 2.05) is 73.7 Å². The summed E-state index contributed by atoms with van der Waals surface area (Å²) < 4.78 is 0. The molecule has 3 aromatic carbocycles. The number of hydrogen-bond donors (Lipinski definition) is 1. The van der Waals surface area contributed by atoms with Crippen molar-refractivity contribution >= 4 is 34.2 Å². The van der Waals surface area contributed by atoms with Crippen LogP contribution in [0.3, 0.4) is 0 Å². The topological polar surface area (TPSA) is 69.7 Å². The first-order chi connectivity index (χ1) is 18.6. The van der Waals surface area contributed by atoms with E-state index in [0.29, 0.717) is 25.9 Å². The lowest BCUT2D eigenvalue weighted by molar-refractivity contribution is -0.141. The number of benzene rings is 3. The molecule has 3 aromatic rings. The Kier molecular flexibility index (Phi) is 8.06. The van der Waals surface area contributed by atoms with Gasteiger partial charge in [0, 0.05) is 36.5 Å². The zero-order chi connectivity index (χ0) is 26.5. The summed E-state index contributed by atoms with van der Waals surface area (Å²) in [6, 6.07) is 21.3. The number of nitrogens with zero attached hydrogens (tertiary/aromatic N) is 2. The molecule has 1 aliphatic heterocycles. The molecule has 3 amide bonds. The molecule has 1 saturated carbocycles. The highest BCUT2D eigenvalue weighted by molar-refractivity contribution is 6.25. The third-order valence-electron chi connectivity index (χ3n) is 7.95. The minimum Gasteiger partial charge on any atom is -0.352 e. The lowest BCUT2D eigenvalue weighted by Gasteiger charge is -2.33. The second-order valence-corrected chi connectivity index (χ2v) is 10.5. The SMILES string of the molecule is CC[C@@H](C(=O)NC1CCCCC1)N(Cc1ccccc1)C(=O)CCCN1C(=O)c2cccc3cccc1c23. The van der Waals surface area contributed by atoms with Crippen LogP contribution < -0.4 is 10.2 Å². The number of rotatable bonds is 10. The Morgan fingerprint density at radius 2 is 1.71 bits per heavy atom.